The lowest BCUT2D eigenvalue weighted by molar-refractivity contribution is 0.402. The first kappa shape index (κ1) is 18.9. The second-order valence-corrected chi connectivity index (χ2v) is 7.54. The number of methoxy groups -OCH3 is 1. The second kappa shape index (κ2) is 7.77. The van der Waals surface area contributed by atoms with Crippen LogP contribution in [0.5, 0.6) is 5.75 Å². The average Bonchev–Trinajstić information content (AvgIpc) is 2.97. The molecule has 0 aliphatic heterocycles. The molecule has 0 aliphatic rings. The van der Waals surface area contributed by atoms with Gasteiger partial charge in [-0.15, -0.1) is 5.10 Å². The van der Waals surface area contributed by atoms with Crippen LogP contribution in [0.2, 0.25) is 0 Å². The average molecular weight is 388 g/mol. The van der Waals surface area contributed by atoms with Crippen molar-refractivity contribution in [1.82, 2.24) is 19.1 Å². The Hall–Kier alpha value is -2.91. The summed E-state index contributed by atoms with van der Waals surface area (Å²) in [5.74, 6) is 0.777. The molecule has 142 valence electrons. The number of benzene rings is 2. The van der Waals surface area contributed by atoms with E-state index >= 15 is 0 Å². The van der Waals surface area contributed by atoms with Gasteiger partial charge < -0.3 is 4.74 Å². The van der Waals surface area contributed by atoms with Gasteiger partial charge in [0.15, 0.2) is 5.82 Å². The van der Waals surface area contributed by atoms with Crippen LogP contribution < -0.4 is 15.1 Å². The van der Waals surface area contributed by atoms with E-state index in [0.29, 0.717) is 5.82 Å². The first-order valence-corrected chi connectivity index (χ1v) is 9.74. The number of nitrogens with one attached hydrogen (secondary N) is 1. The molecule has 0 bridgehead atoms. The van der Waals surface area contributed by atoms with Crippen molar-refractivity contribution in [3.8, 4) is 17.1 Å². The quantitative estimate of drug-likeness (QED) is 0.657. The van der Waals surface area contributed by atoms with Crippen molar-refractivity contribution >= 4 is 10.0 Å². The molecule has 0 radical (unpaired) electrons. The monoisotopic (exact) mass is 388 g/mol. The van der Waals surface area contributed by atoms with Gasteiger partial charge in [0.05, 0.1) is 13.7 Å². The van der Waals surface area contributed by atoms with Crippen molar-refractivity contribution in [3.63, 3.8) is 0 Å². The van der Waals surface area contributed by atoms with Crippen molar-refractivity contribution < 1.29 is 13.2 Å². The maximum Gasteiger partial charge on any atom is 0.345 e. The van der Waals surface area contributed by atoms with Gasteiger partial charge in [-0.05, 0) is 12.1 Å². The van der Waals surface area contributed by atoms with E-state index in [0.717, 1.165) is 5.56 Å². The molecule has 0 fully saturated rings. The zero-order valence-corrected chi connectivity index (χ0v) is 15.8. The summed E-state index contributed by atoms with van der Waals surface area (Å²) in [5, 5.41) is 4.31. The number of para-hydroxylation sites is 1. The van der Waals surface area contributed by atoms with Gasteiger partial charge in [0, 0.05) is 19.2 Å². The number of nitrogens with zero attached hydrogens (tertiary/aromatic N) is 3. The molecule has 0 atom stereocenters. The normalized spacial score (nSPS) is 11.5. The van der Waals surface area contributed by atoms with E-state index < -0.39 is 10.0 Å². The van der Waals surface area contributed by atoms with E-state index in [9.17, 15) is 13.2 Å². The van der Waals surface area contributed by atoms with Gasteiger partial charge in [0.2, 0.25) is 10.0 Å². The van der Waals surface area contributed by atoms with Gasteiger partial charge in [-0.3, -0.25) is 4.57 Å². The fourth-order valence-corrected chi connectivity index (χ4v) is 3.87. The molecule has 3 aromatic rings. The maximum absolute atomic E-state index is 12.5. The van der Waals surface area contributed by atoms with E-state index in [-0.39, 0.29) is 29.4 Å². The summed E-state index contributed by atoms with van der Waals surface area (Å²) in [6.45, 7) is 0.124. The molecular weight excluding hydrogens is 368 g/mol. The first-order chi connectivity index (χ1) is 12.9. The second-order valence-electron chi connectivity index (χ2n) is 5.80. The Morgan fingerprint density at radius 1 is 1.07 bits per heavy atom. The summed E-state index contributed by atoms with van der Waals surface area (Å²) in [5.41, 5.74) is 0.496. The highest BCUT2D eigenvalue weighted by Gasteiger charge is 2.19. The van der Waals surface area contributed by atoms with Crippen molar-refractivity contribution in [1.29, 1.82) is 0 Å². The van der Waals surface area contributed by atoms with E-state index in [1.807, 2.05) is 30.3 Å². The predicted octanol–water partition coefficient (Wildman–Crippen LogP) is 1.24. The summed E-state index contributed by atoms with van der Waals surface area (Å²) in [7, 11) is -0.725. The molecule has 0 saturated heterocycles. The van der Waals surface area contributed by atoms with Crippen LogP contribution in [0.25, 0.3) is 11.4 Å². The number of hydrogen-bond donors (Lipinski definition) is 1. The van der Waals surface area contributed by atoms with Crippen molar-refractivity contribution in [2.45, 2.75) is 11.4 Å². The van der Waals surface area contributed by atoms with E-state index in [4.69, 9.17) is 4.74 Å². The zero-order valence-electron chi connectivity index (χ0n) is 15.0. The van der Waals surface area contributed by atoms with Crippen LogP contribution >= 0.6 is 0 Å². The molecule has 0 saturated carbocycles. The Kier molecular flexibility index (Phi) is 5.43. The largest absolute Gasteiger partial charge is 0.495 e. The van der Waals surface area contributed by atoms with Gasteiger partial charge in [-0.25, -0.2) is 22.6 Å². The molecule has 3 rings (SSSR count). The summed E-state index contributed by atoms with van der Waals surface area (Å²) in [6.07, 6.45) is 0. The van der Waals surface area contributed by atoms with Crippen LogP contribution in [-0.2, 0) is 23.6 Å². The third-order valence-corrected chi connectivity index (χ3v) is 5.55. The molecule has 1 heterocycles. The summed E-state index contributed by atoms with van der Waals surface area (Å²) >= 11 is 0. The molecule has 0 unspecified atom stereocenters. The highest BCUT2D eigenvalue weighted by atomic mass is 32.2. The molecule has 27 heavy (non-hydrogen) atoms. The van der Waals surface area contributed by atoms with Gasteiger partial charge in [-0.2, -0.15) is 0 Å². The van der Waals surface area contributed by atoms with Crippen molar-refractivity contribution in [2.24, 2.45) is 7.05 Å². The van der Waals surface area contributed by atoms with E-state index in [1.54, 1.807) is 25.2 Å². The SMILES string of the molecule is COc1ccccc1S(=O)(=O)NCCn1nc(-c2ccccc2)n(C)c1=O. The lowest BCUT2D eigenvalue weighted by atomic mass is 10.2. The number of rotatable bonds is 7. The molecule has 0 spiro atoms. The van der Waals surface area contributed by atoms with Crippen molar-refractivity contribution in [3.05, 3.63) is 65.1 Å². The lowest BCUT2D eigenvalue weighted by Crippen LogP contribution is -2.32. The minimum absolute atomic E-state index is 0.0194. The number of sulfonamides is 1. The van der Waals surface area contributed by atoms with Crippen LogP contribution in [-0.4, -0.2) is 36.4 Å². The molecule has 0 aliphatic carbocycles. The van der Waals surface area contributed by atoms with Crippen LogP contribution in [0.1, 0.15) is 0 Å². The number of ether oxygens (including phenoxy) is 1. The molecular formula is C18H20N4O4S. The van der Waals surface area contributed by atoms with Gasteiger partial charge in [-0.1, -0.05) is 42.5 Å². The Morgan fingerprint density at radius 3 is 2.44 bits per heavy atom. The molecule has 1 aromatic heterocycles. The Bertz CT molecular complexity index is 1090. The first-order valence-electron chi connectivity index (χ1n) is 8.26. The van der Waals surface area contributed by atoms with Crippen LogP contribution in [0, 0.1) is 0 Å². The Morgan fingerprint density at radius 2 is 1.74 bits per heavy atom. The maximum atomic E-state index is 12.5. The lowest BCUT2D eigenvalue weighted by Gasteiger charge is -2.10. The predicted molar refractivity (Wildman–Crippen MR) is 101 cm³/mol. The topological polar surface area (TPSA) is 95.2 Å². The van der Waals surface area contributed by atoms with Crippen molar-refractivity contribution in [2.75, 3.05) is 13.7 Å². The van der Waals surface area contributed by atoms with E-state index in [1.165, 1.54) is 22.4 Å². The molecule has 8 nitrogen and oxygen atoms in total. The fourth-order valence-electron chi connectivity index (χ4n) is 2.68. The van der Waals surface area contributed by atoms with Gasteiger partial charge in [0.25, 0.3) is 0 Å². The van der Waals surface area contributed by atoms with Crippen LogP contribution in [0.3, 0.4) is 0 Å². The standard InChI is InChI=1S/C18H20N4O4S/c1-21-17(14-8-4-3-5-9-14)20-22(18(21)23)13-12-19-27(24,25)16-11-7-6-10-15(16)26-2/h3-11,19H,12-13H2,1-2H3. The van der Waals surface area contributed by atoms with Gasteiger partial charge >= 0.3 is 5.69 Å². The Balaban J connectivity index is 1.75. The van der Waals surface area contributed by atoms with E-state index in [2.05, 4.69) is 9.82 Å². The number of aromatic nitrogens is 3. The van der Waals surface area contributed by atoms with Crippen LogP contribution in [0.15, 0.2) is 64.3 Å². The highest BCUT2D eigenvalue weighted by molar-refractivity contribution is 7.89. The van der Waals surface area contributed by atoms with Crippen LogP contribution in [0.4, 0.5) is 0 Å². The summed E-state index contributed by atoms with van der Waals surface area (Å²) in [4.78, 5) is 12.4. The minimum Gasteiger partial charge on any atom is -0.495 e. The minimum atomic E-state index is -3.77. The highest BCUT2D eigenvalue weighted by Crippen LogP contribution is 2.22. The summed E-state index contributed by atoms with van der Waals surface area (Å²) < 4.78 is 35.2. The number of hydrogen-bond acceptors (Lipinski definition) is 5. The smallest absolute Gasteiger partial charge is 0.345 e. The molecule has 1 N–H and O–H groups in total. The third-order valence-electron chi connectivity index (χ3n) is 4.05. The van der Waals surface area contributed by atoms with Gasteiger partial charge in [0.1, 0.15) is 10.6 Å². The molecule has 0 amide bonds. The fraction of sp³-hybridized carbons (Fsp3) is 0.222. The summed E-state index contributed by atoms with van der Waals surface area (Å²) in [6, 6.07) is 15.7. The molecule has 2 aromatic carbocycles. The zero-order chi connectivity index (χ0) is 19.4. The third kappa shape index (κ3) is 3.93. The molecule has 9 heteroatoms. The Labute approximate surface area is 157 Å².